The smallest absolute Gasteiger partial charge is 0.237 e. The Morgan fingerprint density at radius 1 is 0.829 bits per heavy atom. The second-order valence-electron chi connectivity index (χ2n) is 9.28. The molecule has 2 fully saturated rings. The standard InChI is InChI=1S/C28H20ClNO5/c1-15-6-8-16(9-7-15)14-30-26(33)21-22(27(30)34)28(35-23(21)17-10-12-18(29)13-11-17)24(31)19-4-2-3-5-20(19)25(28)32/h2-13,21-23H,14H2,1H3/t21-,22+,23-/m1/s1. The van der Waals surface area contributed by atoms with Crippen LogP contribution in [-0.2, 0) is 20.9 Å². The van der Waals surface area contributed by atoms with Crippen molar-refractivity contribution in [1.29, 1.82) is 0 Å². The fourth-order valence-corrected chi connectivity index (χ4v) is 5.69. The topological polar surface area (TPSA) is 80.8 Å². The number of hydrogen-bond donors (Lipinski definition) is 0. The molecule has 35 heavy (non-hydrogen) atoms. The second kappa shape index (κ2) is 7.70. The molecule has 2 aliphatic heterocycles. The van der Waals surface area contributed by atoms with E-state index in [1.807, 2.05) is 31.2 Å². The zero-order chi connectivity index (χ0) is 24.5. The maximum Gasteiger partial charge on any atom is 0.237 e. The van der Waals surface area contributed by atoms with Gasteiger partial charge in [0.25, 0.3) is 0 Å². The summed E-state index contributed by atoms with van der Waals surface area (Å²) in [6, 6.07) is 20.7. The lowest BCUT2D eigenvalue weighted by atomic mass is 9.77. The Labute approximate surface area is 206 Å². The van der Waals surface area contributed by atoms with Gasteiger partial charge >= 0.3 is 0 Å². The number of amides is 2. The van der Waals surface area contributed by atoms with Gasteiger partial charge in [-0.15, -0.1) is 0 Å². The van der Waals surface area contributed by atoms with Gasteiger partial charge in [0, 0.05) is 16.1 Å². The van der Waals surface area contributed by atoms with Crippen LogP contribution in [0.25, 0.3) is 0 Å². The number of rotatable bonds is 3. The number of aryl methyl sites for hydroxylation is 1. The summed E-state index contributed by atoms with van der Waals surface area (Å²) in [5.74, 6) is -4.39. The normalized spacial score (nSPS) is 24.4. The highest BCUT2D eigenvalue weighted by molar-refractivity contribution is 6.35. The lowest BCUT2D eigenvalue weighted by Gasteiger charge is -2.27. The highest BCUT2D eigenvalue weighted by Crippen LogP contribution is 2.57. The van der Waals surface area contributed by atoms with Gasteiger partial charge in [0.2, 0.25) is 29.0 Å². The Hall–Kier alpha value is -3.61. The van der Waals surface area contributed by atoms with Gasteiger partial charge in [0.1, 0.15) is 0 Å². The van der Waals surface area contributed by atoms with Crippen molar-refractivity contribution >= 4 is 35.0 Å². The predicted octanol–water partition coefficient (Wildman–Crippen LogP) is 4.34. The highest BCUT2D eigenvalue weighted by Gasteiger charge is 2.74. The van der Waals surface area contributed by atoms with Gasteiger partial charge < -0.3 is 4.74 Å². The van der Waals surface area contributed by atoms with Crippen LogP contribution in [0.2, 0.25) is 5.02 Å². The Bertz CT molecular complexity index is 1380. The largest absolute Gasteiger partial charge is 0.349 e. The number of imide groups is 1. The monoisotopic (exact) mass is 485 g/mol. The van der Waals surface area contributed by atoms with Crippen molar-refractivity contribution in [3.05, 3.63) is 106 Å². The Morgan fingerprint density at radius 2 is 1.43 bits per heavy atom. The van der Waals surface area contributed by atoms with Crippen LogP contribution in [0.5, 0.6) is 0 Å². The molecule has 3 aromatic carbocycles. The molecule has 2 amide bonds. The number of fused-ring (bicyclic) bond motifs is 3. The van der Waals surface area contributed by atoms with Gasteiger partial charge in [-0.3, -0.25) is 24.1 Å². The molecular formula is C28H20ClNO5. The molecule has 1 aliphatic carbocycles. The summed E-state index contributed by atoms with van der Waals surface area (Å²) in [5, 5.41) is 0.494. The van der Waals surface area contributed by atoms with Crippen molar-refractivity contribution in [1.82, 2.24) is 4.90 Å². The molecule has 3 aliphatic rings. The van der Waals surface area contributed by atoms with Crippen molar-refractivity contribution in [3.63, 3.8) is 0 Å². The van der Waals surface area contributed by atoms with E-state index in [0.29, 0.717) is 10.6 Å². The van der Waals surface area contributed by atoms with Crippen LogP contribution < -0.4 is 0 Å². The first-order chi connectivity index (χ1) is 16.8. The SMILES string of the molecule is Cc1ccc(CN2C(=O)[C@H]3[C@@H](c4ccc(Cl)cc4)OC4(C(=O)c5ccccc5C4=O)[C@@H]3C2=O)cc1. The zero-order valence-electron chi connectivity index (χ0n) is 18.7. The Kier molecular flexibility index (Phi) is 4.82. The minimum atomic E-state index is -2.06. The van der Waals surface area contributed by atoms with Crippen LogP contribution in [0.15, 0.2) is 72.8 Å². The average molecular weight is 486 g/mol. The molecule has 174 valence electrons. The van der Waals surface area contributed by atoms with Gasteiger partial charge in [-0.2, -0.15) is 0 Å². The molecule has 0 unspecified atom stereocenters. The van der Waals surface area contributed by atoms with Gasteiger partial charge in [-0.25, -0.2) is 0 Å². The van der Waals surface area contributed by atoms with Crippen LogP contribution in [0.1, 0.15) is 43.5 Å². The van der Waals surface area contributed by atoms with Crippen LogP contribution in [0.3, 0.4) is 0 Å². The number of halogens is 1. The van der Waals surface area contributed by atoms with Crippen LogP contribution in [0.4, 0.5) is 0 Å². The molecule has 1 spiro atoms. The molecule has 0 bridgehead atoms. The van der Waals surface area contributed by atoms with Crippen molar-refractivity contribution in [2.24, 2.45) is 11.8 Å². The summed E-state index contributed by atoms with van der Waals surface area (Å²) < 4.78 is 6.25. The minimum absolute atomic E-state index is 0.0592. The summed E-state index contributed by atoms with van der Waals surface area (Å²) in [6.07, 6.45) is -0.945. The molecule has 2 saturated heterocycles. The van der Waals surface area contributed by atoms with E-state index in [2.05, 4.69) is 0 Å². The third kappa shape index (κ3) is 3.00. The van der Waals surface area contributed by atoms with E-state index >= 15 is 0 Å². The molecule has 3 aromatic rings. The molecule has 6 nitrogen and oxygen atoms in total. The van der Waals surface area contributed by atoms with Gasteiger partial charge in [0.15, 0.2) is 0 Å². The Balaban J connectivity index is 1.48. The molecule has 6 rings (SSSR count). The van der Waals surface area contributed by atoms with Gasteiger partial charge in [-0.1, -0.05) is 77.8 Å². The molecular weight excluding hydrogens is 466 g/mol. The molecule has 7 heteroatoms. The maximum absolute atomic E-state index is 13.8. The number of hydrogen-bond acceptors (Lipinski definition) is 5. The first kappa shape index (κ1) is 21.9. The van der Waals surface area contributed by atoms with Crippen LogP contribution in [0, 0.1) is 18.8 Å². The summed E-state index contributed by atoms with van der Waals surface area (Å²) in [5.41, 5.74) is 0.780. The third-order valence-electron chi connectivity index (χ3n) is 7.27. The van der Waals surface area contributed by atoms with Crippen molar-refractivity contribution in [2.45, 2.75) is 25.2 Å². The molecule has 3 atom stereocenters. The van der Waals surface area contributed by atoms with Crippen LogP contribution in [-0.4, -0.2) is 33.9 Å². The van der Waals surface area contributed by atoms with E-state index in [-0.39, 0.29) is 17.7 Å². The van der Waals surface area contributed by atoms with E-state index in [4.69, 9.17) is 16.3 Å². The van der Waals surface area contributed by atoms with Crippen molar-refractivity contribution < 1.29 is 23.9 Å². The highest BCUT2D eigenvalue weighted by atomic mass is 35.5. The van der Waals surface area contributed by atoms with E-state index in [1.54, 1.807) is 48.5 Å². The van der Waals surface area contributed by atoms with Crippen molar-refractivity contribution in [2.75, 3.05) is 0 Å². The number of nitrogens with zero attached hydrogens (tertiary/aromatic N) is 1. The quantitative estimate of drug-likeness (QED) is 0.407. The predicted molar refractivity (Wildman–Crippen MR) is 127 cm³/mol. The number of benzene rings is 3. The molecule has 0 aromatic heterocycles. The number of ether oxygens (including phenoxy) is 1. The zero-order valence-corrected chi connectivity index (χ0v) is 19.5. The van der Waals surface area contributed by atoms with E-state index in [0.717, 1.165) is 16.0 Å². The van der Waals surface area contributed by atoms with Gasteiger partial charge in [-0.05, 0) is 30.2 Å². The number of likely N-dealkylation sites (tertiary alicyclic amines) is 1. The first-order valence-electron chi connectivity index (χ1n) is 11.4. The third-order valence-corrected chi connectivity index (χ3v) is 7.52. The van der Waals surface area contributed by atoms with Crippen LogP contribution >= 0.6 is 11.6 Å². The maximum atomic E-state index is 13.8. The number of Topliss-reactive ketones (excluding diaryl/α,β-unsaturated/α-hetero) is 2. The number of carbonyl (C=O) groups excluding carboxylic acids is 4. The van der Waals surface area contributed by atoms with E-state index in [1.165, 1.54) is 0 Å². The molecule has 2 heterocycles. The van der Waals surface area contributed by atoms with E-state index in [9.17, 15) is 19.2 Å². The molecule has 0 radical (unpaired) electrons. The Morgan fingerprint density at radius 3 is 2.03 bits per heavy atom. The summed E-state index contributed by atoms with van der Waals surface area (Å²) in [4.78, 5) is 56.1. The second-order valence-corrected chi connectivity index (χ2v) is 9.72. The fraction of sp³-hybridized carbons (Fsp3) is 0.214. The summed E-state index contributed by atoms with van der Waals surface area (Å²) in [7, 11) is 0. The lowest BCUT2D eigenvalue weighted by Crippen LogP contribution is -2.50. The first-order valence-corrected chi connectivity index (χ1v) is 11.7. The van der Waals surface area contributed by atoms with E-state index < -0.39 is 46.9 Å². The summed E-state index contributed by atoms with van der Waals surface area (Å²) >= 11 is 6.06. The average Bonchev–Trinajstić information content (AvgIpc) is 3.42. The lowest BCUT2D eigenvalue weighted by molar-refractivity contribution is -0.145. The van der Waals surface area contributed by atoms with Gasteiger partial charge in [0.05, 0.1) is 24.5 Å². The fourth-order valence-electron chi connectivity index (χ4n) is 5.56. The molecule has 0 saturated carbocycles. The molecule has 0 N–H and O–H groups in total. The number of ketones is 2. The summed E-state index contributed by atoms with van der Waals surface area (Å²) in [6.45, 7) is 2.01. The minimum Gasteiger partial charge on any atom is -0.349 e. The number of carbonyl (C=O) groups is 4. The van der Waals surface area contributed by atoms with Crippen molar-refractivity contribution in [3.8, 4) is 0 Å².